The van der Waals surface area contributed by atoms with Crippen LogP contribution >= 0.6 is 0 Å². The van der Waals surface area contributed by atoms with Gasteiger partial charge in [0.25, 0.3) is 0 Å². The van der Waals surface area contributed by atoms with Gasteiger partial charge in [0.15, 0.2) is 0 Å². The molecule has 0 bridgehead atoms. The number of hydrogen-bond acceptors (Lipinski definition) is 3. The van der Waals surface area contributed by atoms with Gasteiger partial charge in [-0.05, 0) is 49.2 Å². The molecule has 1 N–H and O–H groups in total. The number of pyridine rings is 1. The third kappa shape index (κ3) is 3.00. The summed E-state index contributed by atoms with van der Waals surface area (Å²) in [6.07, 6.45) is 4.26. The number of β-amino-alcohol motifs (C(OH)–C–C–N with tert-alkyl or cyclic N) is 1. The Morgan fingerprint density at radius 3 is 2.55 bits per heavy atom. The van der Waals surface area contributed by atoms with E-state index >= 15 is 0 Å². The molecule has 2 heterocycles. The van der Waals surface area contributed by atoms with E-state index in [-0.39, 0.29) is 18.2 Å². The van der Waals surface area contributed by atoms with E-state index in [9.17, 15) is 13.9 Å². The van der Waals surface area contributed by atoms with E-state index in [1.807, 2.05) is 12.1 Å². The Balaban J connectivity index is 1.77. The van der Waals surface area contributed by atoms with Gasteiger partial charge in [0.1, 0.15) is 11.6 Å². The molecule has 3 rings (SSSR count). The van der Waals surface area contributed by atoms with E-state index in [1.54, 1.807) is 12.4 Å². The zero-order valence-electron chi connectivity index (χ0n) is 12.1. The summed E-state index contributed by atoms with van der Waals surface area (Å²) in [6.45, 7) is 1.02. The van der Waals surface area contributed by atoms with Gasteiger partial charge in [-0.15, -0.1) is 0 Å². The summed E-state index contributed by atoms with van der Waals surface area (Å²) in [5.74, 6) is -1.40. The maximum atomic E-state index is 13.8. The smallest absolute Gasteiger partial charge is 0.131 e. The normalized spacial score (nSPS) is 20.2. The number of rotatable bonds is 4. The molecule has 0 saturated carbocycles. The number of halogens is 2. The Kier molecular flexibility index (Phi) is 4.45. The molecule has 1 aliphatic rings. The molecule has 0 radical (unpaired) electrons. The first kappa shape index (κ1) is 15.1. The second kappa shape index (κ2) is 6.50. The summed E-state index contributed by atoms with van der Waals surface area (Å²) in [5, 5.41) is 10.3. The Morgan fingerprint density at radius 1 is 1.18 bits per heavy atom. The van der Waals surface area contributed by atoms with E-state index in [1.165, 1.54) is 18.2 Å². The third-order valence-corrected chi connectivity index (χ3v) is 4.19. The first-order valence-corrected chi connectivity index (χ1v) is 7.43. The lowest BCUT2D eigenvalue weighted by Gasteiger charge is -2.27. The predicted molar refractivity (Wildman–Crippen MR) is 79.1 cm³/mol. The summed E-state index contributed by atoms with van der Waals surface area (Å²) >= 11 is 0. The Morgan fingerprint density at radius 2 is 1.86 bits per heavy atom. The lowest BCUT2D eigenvalue weighted by molar-refractivity contribution is 0.100. The molecule has 0 aliphatic carbocycles. The molecule has 2 aromatic rings. The quantitative estimate of drug-likeness (QED) is 0.942. The Hall–Kier alpha value is -1.85. The van der Waals surface area contributed by atoms with Gasteiger partial charge in [-0.2, -0.15) is 0 Å². The van der Waals surface area contributed by atoms with Gasteiger partial charge in [-0.25, -0.2) is 8.78 Å². The van der Waals surface area contributed by atoms with Crippen LogP contribution in [0.2, 0.25) is 0 Å². The fourth-order valence-electron chi connectivity index (χ4n) is 3.15. The maximum absolute atomic E-state index is 13.8. The first-order valence-electron chi connectivity index (χ1n) is 7.43. The lowest BCUT2D eigenvalue weighted by atomic mass is 10.0. The van der Waals surface area contributed by atoms with Gasteiger partial charge in [-0.1, -0.05) is 6.07 Å². The van der Waals surface area contributed by atoms with Crippen LogP contribution in [0.15, 0.2) is 42.7 Å². The van der Waals surface area contributed by atoms with Gasteiger partial charge in [0.05, 0.1) is 11.7 Å². The number of benzene rings is 1. The molecule has 22 heavy (non-hydrogen) atoms. The first-order chi connectivity index (χ1) is 10.7. The molecule has 1 aromatic heterocycles. The van der Waals surface area contributed by atoms with Crippen molar-refractivity contribution < 1.29 is 13.9 Å². The highest BCUT2D eigenvalue weighted by molar-refractivity contribution is 5.23. The highest BCUT2D eigenvalue weighted by Crippen LogP contribution is 2.33. The zero-order valence-corrected chi connectivity index (χ0v) is 12.1. The third-order valence-electron chi connectivity index (χ3n) is 4.19. The minimum atomic E-state index is -1.18. The van der Waals surface area contributed by atoms with Crippen molar-refractivity contribution in [2.24, 2.45) is 0 Å². The average molecular weight is 304 g/mol. The summed E-state index contributed by atoms with van der Waals surface area (Å²) in [6, 6.07) is 7.69. The van der Waals surface area contributed by atoms with Gasteiger partial charge < -0.3 is 5.11 Å². The van der Waals surface area contributed by atoms with Crippen molar-refractivity contribution in [2.75, 3.05) is 13.1 Å². The molecular formula is C17H18F2N2O. The minimum Gasteiger partial charge on any atom is -0.387 e. The molecular weight excluding hydrogens is 286 g/mol. The second-order valence-electron chi connectivity index (χ2n) is 5.58. The van der Waals surface area contributed by atoms with Crippen LogP contribution in [0.5, 0.6) is 0 Å². The molecule has 1 fully saturated rings. The largest absolute Gasteiger partial charge is 0.387 e. The summed E-state index contributed by atoms with van der Waals surface area (Å²) in [5.41, 5.74) is 0.872. The second-order valence-corrected chi connectivity index (χ2v) is 5.58. The topological polar surface area (TPSA) is 36.4 Å². The van der Waals surface area contributed by atoms with Crippen LogP contribution in [0.1, 0.15) is 36.1 Å². The van der Waals surface area contributed by atoms with Crippen molar-refractivity contribution in [2.45, 2.75) is 25.0 Å². The number of nitrogens with zero attached hydrogens (tertiary/aromatic N) is 2. The van der Waals surface area contributed by atoms with Crippen LogP contribution in [0.3, 0.4) is 0 Å². The summed E-state index contributed by atoms with van der Waals surface area (Å²) in [4.78, 5) is 6.08. The molecule has 5 heteroatoms. The van der Waals surface area contributed by atoms with Crippen LogP contribution in [-0.4, -0.2) is 28.1 Å². The molecule has 3 nitrogen and oxygen atoms in total. The molecule has 1 aliphatic heterocycles. The number of hydrogen-bond donors (Lipinski definition) is 1. The van der Waals surface area contributed by atoms with Crippen molar-refractivity contribution in [1.82, 2.24) is 9.88 Å². The van der Waals surface area contributed by atoms with E-state index in [4.69, 9.17) is 0 Å². The minimum absolute atomic E-state index is 0.160. The van der Waals surface area contributed by atoms with E-state index in [0.717, 1.165) is 24.9 Å². The fraction of sp³-hybridized carbons (Fsp3) is 0.353. The van der Waals surface area contributed by atoms with Crippen LogP contribution in [0.25, 0.3) is 0 Å². The standard InChI is InChI=1S/C17H18F2N2O/c18-13-3-1-4-14(19)17(13)16(22)11-21-10-2-5-15(21)12-6-8-20-9-7-12/h1,3-4,6-9,15-16,22H,2,5,10-11H2. The van der Waals surface area contributed by atoms with Crippen LogP contribution in [0, 0.1) is 11.6 Å². The molecule has 116 valence electrons. The average Bonchev–Trinajstić information content (AvgIpc) is 2.96. The van der Waals surface area contributed by atoms with E-state index in [2.05, 4.69) is 9.88 Å². The van der Waals surface area contributed by atoms with E-state index in [0.29, 0.717) is 0 Å². The highest BCUT2D eigenvalue weighted by Gasteiger charge is 2.29. The maximum Gasteiger partial charge on any atom is 0.131 e. The lowest BCUT2D eigenvalue weighted by Crippen LogP contribution is -2.29. The number of likely N-dealkylation sites (tertiary alicyclic amines) is 1. The molecule has 2 atom stereocenters. The monoisotopic (exact) mass is 304 g/mol. The zero-order chi connectivity index (χ0) is 15.5. The van der Waals surface area contributed by atoms with Crippen molar-refractivity contribution in [3.05, 3.63) is 65.5 Å². The number of aromatic nitrogens is 1. The Labute approximate surface area is 128 Å². The SMILES string of the molecule is OC(CN1CCCC1c1ccncc1)c1c(F)cccc1F. The fourth-order valence-corrected chi connectivity index (χ4v) is 3.15. The van der Waals surface area contributed by atoms with Crippen molar-refractivity contribution >= 4 is 0 Å². The summed E-state index contributed by atoms with van der Waals surface area (Å²) < 4.78 is 27.5. The van der Waals surface area contributed by atoms with Crippen LogP contribution in [0.4, 0.5) is 8.78 Å². The van der Waals surface area contributed by atoms with E-state index < -0.39 is 17.7 Å². The number of aliphatic hydroxyl groups is 1. The Bertz CT molecular complexity index is 616. The van der Waals surface area contributed by atoms with Crippen LogP contribution < -0.4 is 0 Å². The van der Waals surface area contributed by atoms with Crippen molar-refractivity contribution in [1.29, 1.82) is 0 Å². The van der Waals surface area contributed by atoms with Gasteiger partial charge >= 0.3 is 0 Å². The molecule has 1 aromatic carbocycles. The van der Waals surface area contributed by atoms with Gasteiger partial charge in [0, 0.05) is 25.0 Å². The number of aliphatic hydroxyl groups excluding tert-OH is 1. The van der Waals surface area contributed by atoms with Crippen LogP contribution in [-0.2, 0) is 0 Å². The molecule has 0 amide bonds. The van der Waals surface area contributed by atoms with Gasteiger partial charge in [-0.3, -0.25) is 9.88 Å². The van der Waals surface area contributed by atoms with Crippen molar-refractivity contribution in [3.8, 4) is 0 Å². The van der Waals surface area contributed by atoms with Crippen molar-refractivity contribution in [3.63, 3.8) is 0 Å². The predicted octanol–water partition coefficient (Wildman–Crippen LogP) is 3.23. The van der Waals surface area contributed by atoms with Gasteiger partial charge in [0.2, 0.25) is 0 Å². The molecule has 1 saturated heterocycles. The highest BCUT2D eigenvalue weighted by atomic mass is 19.1. The summed E-state index contributed by atoms with van der Waals surface area (Å²) in [7, 11) is 0. The molecule has 0 spiro atoms. The molecule has 2 unspecified atom stereocenters.